The fourth-order valence-corrected chi connectivity index (χ4v) is 2.49. The van der Waals surface area contributed by atoms with Gasteiger partial charge in [-0.3, -0.25) is 0 Å². The molecule has 0 radical (unpaired) electrons. The smallest absolute Gasteiger partial charge is 0.0727 e. The van der Waals surface area contributed by atoms with Crippen LogP contribution in [0.2, 0.25) is 0 Å². The quantitative estimate of drug-likeness (QED) is 0.566. The molecule has 4 heteroatoms. The molecule has 3 nitrogen and oxygen atoms in total. The van der Waals surface area contributed by atoms with Crippen LogP contribution in [0.25, 0.3) is 0 Å². The first-order chi connectivity index (χ1) is 7.59. The molecule has 0 saturated carbocycles. The van der Waals surface area contributed by atoms with E-state index in [0.717, 1.165) is 18.9 Å². The minimum atomic E-state index is 0.653. The van der Waals surface area contributed by atoms with E-state index >= 15 is 0 Å². The Morgan fingerprint density at radius 3 is 2.88 bits per heavy atom. The molecule has 0 aromatic heterocycles. The van der Waals surface area contributed by atoms with Crippen molar-refractivity contribution < 1.29 is 0 Å². The van der Waals surface area contributed by atoms with Gasteiger partial charge in [0, 0.05) is 12.6 Å². The number of nitrogens with two attached hydrogens (primary N) is 1. The molecule has 0 aromatic carbocycles. The molecule has 0 bridgehead atoms. The zero-order valence-corrected chi connectivity index (χ0v) is 11.4. The van der Waals surface area contributed by atoms with Gasteiger partial charge in [0.25, 0.3) is 0 Å². The molecule has 2 N–H and O–H groups in total. The summed E-state index contributed by atoms with van der Waals surface area (Å²) in [5, 5.41) is 0. The van der Waals surface area contributed by atoms with Gasteiger partial charge in [-0.05, 0) is 59.3 Å². The van der Waals surface area contributed by atoms with Crippen molar-refractivity contribution in [2.75, 3.05) is 33.7 Å². The van der Waals surface area contributed by atoms with E-state index in [0.29, 0.717) is 4.99 Å². The van der Waals surface area contributed by atoms with Crippen molar-refractivity contribution in [1.29, 1.82) is 0 Å². The van der Waals surface area contributed by atoms with Crippen LogP contribution in [0.1, 0.15) is 32.1 Å². The molecular weight excluding hydrogens is 218 g/mol. The van der Waals surface area contributed by atoms with Crippen LogP contribution in [0.5, 0.6) is 0 Å². The van der Waals surface area contributed by atoms with Gasteiger partial charge in [-0.1, -0.05) is 12.2 Å². The highest BCUT2D eigenvalue weighted by atomic mass is 32.1. The summed E-state index contributed by atoms with van der Waals surface area (Å²) in [5.74, 6) is 0. The number of nitrogens with zero attached hydrogens (tertiary/aromatic N) is 2. The zero-order valence-electron chi connectivity index (χ0n) is 10.6. The number of rotatable bonds is 6. The summed E-state index contributed by atoms with van der Waals surface area (Å²) in [6, 6.07) is 0.739. The van der Waals surface area contributed by atoms with E-state index in [2.05, 4.69) is 23.9 Å². The van der Waals surface area contributed by atoms with Crippen molar-refractivity contribution in [2.45, 2.75) is 38.1 Å². The van der Waals surface area contributed by atoms with Crippen LogP contribution in [0.3, 0.4) is 0 Å². The van der Waals surface area contributed by atoms with E-state index in [9.17, 15) is 0 Å². The maximum absolute atomic E-state index is 5.48. The van der Waals surface area contributed by atoms with Crippen molar-refractivity contribution in [1.82, 2.24) is 9.80 Å². The largest absolute Gasteiger partial charge is 0.393 e. The van der Waals surface area contributed by atoms with Crippen molar-refractivity contribution in [2.24, 2.45) is 5.73 Å². The third-order valence-corrected chi connectivity index (χ3v) is 3.61. The number of piperidine rings is 1. The second-order valence-electron chi connectivity index (χ2n) is 4.96. The minimum absolute atomic E-state index is 0.653. The molecule has 1 aliphatic heterocycles. The Morgan fingerprint density at radius 1 is 1.50 bits per heavy atom. The second-order valence-corrected chi connectivity index (χ2v) is 5.49. The van der Waals surface area contributed by atoms with Crippen LogP contribution in [-0.2, 0) is 0 Å². The summed E-state index contributed by atoms with van der Waals surface area (Å²) in [7, 11) is 4.46. The van der Waals surface area contributed by atoms with Crippen molar-refractivity contribution >= 4 is 17.2 Å². The lowest BCUT2D eigenvalue weighted by atomic mass is 10.0. The van der Waals surface area contributed by atoms with Gasteiger partial charge in [0.05, 0.1) is 4.99 Å². The van der Waals surface area contributed by atoms with Crippen LogP contribution in [0.4, 0.5) is 0 Å². The number of hydrogen-bond donors (Lipinski definition) is 1. The highest BCUT2D eigenvalue weighted by Crippen LogP contribution is 2.13. The van der Waals surface area contributed by atoms with E-state index in [1.807, 2.05) is 0 Å². The molecule has 94 valence electrons. The standard InChI is InChI=1S/C12H25N3S/c1-14-8-5-6-11(10-14)15(2)9-4-3-7-12(13)16/h11H,3-10H2,1-2H3,(H2,13,16). The molecule has 1 fully saturated rings. The van der Waals surface area contributed by atoms with E-state index in [1.165, 1.54) is 38.9 Å². The maximum Gasteiger partial charge on any atom is 0.0727 e. The summed E-state index contributed by atoms with van der Waals surface area (Å²) in [4.78, 5) is 5.58. The van der Waals surface area contributed by atoms with Gasteiger partial charge in [0.1, 0.15) is 0 Å². The molecule has 1 atom stereocenters. The first-order valence-electron chi connectivity index (χ1n) is 6.26. The van der Waals surface area contributed by atoms with Crippen LogP contribution in [-0.4, -0.2) is 54.6 Å². The lowest BCUT2D eigenvalue weighted by Gasteiger charge is -2.35. The molecule has 1 aliphatic rings. The van der Waals surface area contributed by atoms with Gasteiger partial charge in [-0.25, -0.2) is 0 Å². The normalized spacial score (nSPS) is 22.6. The number of hydrogen-bond acceptors (Lipinski definition) is 3. The molecule has 1 saturated heterocycles. The number of unbranched alkanes of at least 4 members (excludes halogenated alkanes) is 1. The molecular formula is C12H25N3S. The number of thiocarbonyl (C=S) groups is 1. The highest BCUT2D eigenvalue weighted by Gasteiger charge is 2.20. The van der Waals surface area contributed by atoms with Crippen LogP contribution in [0.15, 0.2) is 0 Å². The second kappa shape index (κ2) is 7.20. The topological polar surface area (TPSA) is 32.5 Å². The Morgan fingerprint density at radius 2 is 2.25 bits per heavy atom. The molecule has 1 heterocycles. The van der Waals surface area contributed by atoms with E-state index < -0.39 is 0 Å². The first kappa shape index (κ1) is 13.9. The molecule has 1 rings (SSSR count). The van der Waals surface area contributed by atoms with Crippen molar-refractivity contribution in [3.8, 4) is 0 Å². The van der Waals surface area contributed by atoms with Gasteiger partial charge < -0.3 is 15.5 Å². The monoisotopic (exact) mass is 243 g/mol. The summed E-state index contributed by atoms with van der Waals surface area (Å²) in [6.07, 6.45) is 5.90. The van der Waals surface area contributed by atoms with Crippen LogP contribution < -0.4 is 5.73 Å². The van der Waals surface area contributed by atoms with Gasteiger partial charge in [0.2, 0.25) is 0 Å². The Labute approximate surface area is 105 Å². The van der Waals surface area contributed by atoms with Gasteiger partial charge in [-0.15, -0.1) is 0 Å². The van der Waals surface area contributed by atoms with Crippen molar-refractivity contribution in [3.63, 3.8) is 0 Å². The van der Waals surface area contributed by atoms with Gasteiger partial charge in [-0.2, -0.15) is 0 Å². The van der Waals surface area contributed by atoms with E-state index in [4.69, 9.17) is 18.0 Å². The van der Waals surface area contributed by atoms with Gasteiger partial charge >= 0.3 is 0 Å². The van der Waals surface area contributed by atoms with E-state index in [-0.39, 0.29) is 0 Å². The average Bonchev–Trinajstić information content (AvgIpc) is 2.24. The summed E-state index contributed by atoms with van der Waals surface area (Å²) >= 11 is 4.87. The van der Waals surface area contributed by atoms with Gasteiger partial charge in [0.15, 0.2) is 0 Å². The highest BCUT2D eigenvalue weighted by molar-refractivity contribution is 7.80. The molecule has 1 unspecified atom stereocenters. The minimum Gasteiger partial charge on any atom is -0.393 e. The average molecular weight is 243 g/mol. The third-order valence-electron chi connectivity index (χ3n) is 3.41. The molecule has 16 heavy (non-hydrogen) atoms. The first-order valence-corrected chi connectivity index (χ1v) is 6.67. The predicted octanol–water partition coefficient (Wildman–Crippen LogP) is 1.47. The van der Waals surface area contributed by atoms with Crippen LogP contribution in [0, 0.1) is 0 Å². The number of likely N-dealkylation sites (tertiary alicyclic amines) is 1. The zero-order chi connectivity index (χ0) is 12.0. The SMILES string of the molecule is CN1CCCC(N(C)CCCCC(N)=S)C1. The Hall–Kier alpha value is -0.190. The molecule has 0 amide bonds. The fourth-order valence-electron chi connectivity index (χ4n) is 2.34. The summed E-state index contributed by atoms with van der Waals surface area (Å²) in [5.41, 5.74) is 5.48. The van der Waals surface area contributed by atoms with Crippen LogP contribution >= 0.6 is 12.2 Å². The maximum atomic E-state index is 5.48. The Bertz CT molecular complexity index is 220. The van der Waals surface area contributed by atoms with E-state index in [1.54, 1.807) is 0 Å². The molecule has 0 aromatic rings. The fraction of sp³-hybridized carbons (Fsp3) is 0.917. The lowest BCUT2D eigenvalue weighted by Crippen LogP contribution is -2.45. The summed E-state index contributed by atoms with van der Waals surface area (Å²) < 4.78 is 0. The lowest BCUT2D eigenvalue weighted by molar-refractivity contribution is 0.133. The third kappa shape index (κ3) is 5.23. The Kier molecular flexibility index (Phi) is 6.24. The molecule has 0 spiro atoms. The predicted molar refractivity (Wildman–Crippen MR) is 73.8 cm³/mol. The summed E-state index contributed by atoms with van der Waals surface area (Å²) in [6.45, 7) is 3.64. The number of likely N-dealkylation sites (N-methyl/N-ethyl adjacent to an activating group) is 2. The van der Waals surface area contributed by atoms with Crippen molar-refractivity contribution in [3.05, 3.63) is 0 Å². The molecule has 0 aliphatic carbocycles. The Balaban J connectivity index is 2.13.